The summed E-state index contributed by atoms with van der Waals surface area (Å²) >= 11 is 0. The van der Waals surface area contributed by atoms with Gasteiger partial charge in [0.25, 0.3) is 0 Å². The van der Waals surface area contributed by atoms with Crippen LogP contribution in [0.25, 0.3) is 28.2 Å². The number of nitrogens with zero attached hydrogens (tertiary/aromatic N) is 3. The Morgan fingerprint density at radius 1 is 1.00 bits per heavy atom. The lowest BCUT2D eigenvalue weighted by molar-refractivity contribution is 0.414. The summed E-state index contributed by atoms with van der Waals surface area (Å²) in [6.45, 7) is 0. The van der Waals surface area contributed by atoms with Crippen molar-refractivity contribution in [1.82, 2.24) is 14.5 Å². The van der Waals surface area contributed by atoms with Crippen molar-refractivity contribution >= 4 is 11.2 Å². The van der Waals surface area contributed by atoms with Gasteiger partial charge in [0, 0.05) is 18.0 Å². The number of hydrogen-bond acceptors (Lipinski definition) is 5. The Balaban J connectivity index is 2.00. The molecule has 25 heavy (non-hydrogen) atoms. The number of phenols is 2. The average Bonchev–Trinajstić information content (AvgIpc) is 3.01. The molecule has 2 N–H and O–H groups in total. The minimum absolute atomic E-state index is 0.00789. The normalized spacial score (nSPS) is 10.9. The molecule has 2 heterocycles. The fraction of sp³-hybridized carbons (Fsp3) is 0.0526. The van der Waals surface area contributed by atoms with Crippen LogP contribution in [0.4, 0.5) is 0 Å². The molecule has 0 fully saturated rings. The molecule has 2 aromatic carbocycles. The maximum absolute atomic E-state index is 10.3. The SMILES string of the molecule is COc1ccc(-n2c(-c3ccc(O)cc3O)nc3cccnc32)cc1. The largest absolute Gasteiger partial charge is 0.508 e. The maximum atomic E-state index is 10.3. The minimum atomic E-state index is -0.0509. The van der Waals surface area contributed by atoms with E-state index >= 15 is 0 Å². The van der Waals surface area contributed by atoms with Gasteiger partial charge in [0.15, 0.2) is 11.5 Å². The highest BCUT2D eigenvalue weighted by Gasteiger charge is 2.18. The Morgan fingerprint density at radius 2 is 1.80 bits per heavy atom. The summed E-state index contributed by atoms with van der Waals surface area (Å²) in [5, 5.41) is 19.8. The zero-order chi connectivity index (χ0) is 17.4. The first-order valence-corrected chi connectivity index (χ1v) is 7.67. The second-order valence-corrected chi connectivity index (χ2v) is 5.52. The number of fused-ring (bicyclic) bond motifs is 1. The van der Waals surface area contributed by atoms with E-state index in [4.69, 9.17) is 4.74 Å². The van der Waals surface area contributed by atoms with E-state index in [9.17, 15) is 10.2 Å². The van der Waals surface area contributed by atoms with E-state index in [1.54, 1.807) is 19.4 Å². The van der Waals surface area contributed by atoms with Gasteiger partial charge in [0.1, 0.15) is 22.8 Å². The van der Waals surface area contributed by atoms with Gasteiger partial charge in [-0.3, -0.25) is 4.57 Å². The second kappa shape index (κ2) is 5.83. The van der Waals surface area contributed by atoms with Crippen molar-refractivity contribution in [2.24, 2.45) is 0 Å². The molecule has 124 valence electrons. The van der Waals surface area contributed by atoms with E-state index in [1.165, 1.54) is 12.1 Å². The average molecular weight is 333 g/mol. The minimum Gasteiger partial charge on any atom is -0.508 e. The fourth-order valence-corrected chi connectivity index (χ4v) is 2.78. The Kier molecular flexibility index (Phi) is 3.50. The third kappa shape index (κ3) is 2.53. The van der Waals surface area contributed by atoms with Gasteiger partial charge in [-0.05, 0) is 48.5 Å². The summed E-state index contributed by atoms with van der Waals surface area (Å²) in [4.78, 5) is 9.05. The number of phenolic OH excluding ortho intramolecular Hbond substituents is 2. The van der Waals surface area contributed by atoms with Crippen LogP contribution < -0.4 is 4.74 Å². The molecule has 0 radical (unpaired) electrons. The summed E-state index contributed by atoms with van der Waals surface area (Å²) in [6.07, 6.45) is 1.70. The van der Waals surface area contributed by atoms with Crippen LogP contribution in [0.1, 0.15) is 0 Å². The predicted molar refractivity (Wildman–Crippen MR) is 94.2 cm³/mol. The lowest BCUT2D eigenvalue weighted by Crippen LogP contribution is -1.99. The third-order valence-electron chi connectivity index (χ3n) is 3.97. The molecule has 0 unspecified atom stereocenters. The second-order valence-electron chi connectivity index (χ2n) is 5.52. The molecule has 2 aromatic heterocycles. The zero-order valence-corrected chi connectivity index (χ0v) is 13.4. The number of rotatable bonds is 3. The van der Waals surface area contributed by atoms with E-state index in [0.717, 1.165) is 11.4 Å². The number of methoxy groups -OCH3 is 1. The van der Waals surface area contributed by atoms with Crippen LogP contribution >= 0.6 is 0 Å². The van der Waals surface area contributed by atoms with E-state index < -0.39 is 0 Å². The first-order chi connectivity index (χ1) is 12.2. The van der Waals surface area contributed by atoms with Crippen LogP contribution in [-0.2, 0) is 0 Å². The monoisotopic (exact) mass is 333 g/mol. The standard InChI is InChI=1S/C19H15N3O3/c1-25-14-7-4-12(5-8-14)22-18(15-9-6-13(23)11-17(15)24)21-16-3-2-10-20-19(16)22/h2-11,23-24H,1H3. The molecular weight excluding hydrogens is 318 g/mol. The van der Waals surface area contributed by atoms with Crippen LogP contribution in [0.2, 0.25) is 0 Å². The van der Waals surface area contributed by atoms with Crippen molar-refractivity contribution in [2.75, 3.05) is 7.11 Å². The summed E-state index contributed by atoms with van der Waals surface area (Å²) in [7, 11) is 1.61. The van der Waals surface area contributed by atoms with Crippen molar-refractivity contribution in [3.8, 4) is 34.3 Å². The molecule has 0 aliphatic heterocycles. The van der Waals surface area contributed by atoms with Crippen LogP contribution in [0.15, 0.2) is 60.8 Å². The lowest BCUT2D eigenvalue weighted by atomic mass is 10.1. The first kappa shape index (κ1) is 15.0. The van der Waals surface area contributed by atoms with E-state index in [1.807, 2.05) is 41.0 Å². The molecule has 0 saturated carbocycles. The molecule has 0 aliphatic carbocycles. The number of benzene rings is 2. The topological polar surface area (TPSA) is 80.4 Å². The predicted octanol–water partition coefficient (Wildman–Crippen LogP) is 3.51. The maximum Gasteiger partial charge on any atom is 0.164 e. The van der Waals surface area contributed by atoms with Crippen molar-refractivity contribution in [3.63, 3.8) is 0 Å². The first-order valence-electron chi connectivity index (χ1n) is 7.67. The van der Waals surface area contributed by atoms with Gasteiger partial charge >= 0.3 is 0 Å². The molecule has 0 spiro atoms. The van der Waals surface area contributed by atoms with Crippen molar-refractivity contribution in [3.05, 3.63) is 60.8 Å². The van der Waals surface area contributed by atoms with Crippen LogP contribution in [0.5, 0.6) is 17.2 Å². The fourth-order valence-electron chi connectivity index (χ4n) is 2.78. The van der Waals surface area contributed by atoms with Crippen molar-refractivity contribution in [1.29, 1.82) is 0 Å². The highest BCUT2D eigenvalue weighted by molar-refractivity contribution is 5.81. The molecule has 0 saturated heterocycles. The van der Waals surface area contributed by atoms with E-state index in [-0.39, 0.29) is 11.5 Å². The van der Waals surface area contributed by atoms with Crippen molar-refractivity contribution < 1.29 is 14.9 Å². The third-order valence-corrected chi connectivity index (χ3v) is 3.97. The van der Waals surface area contributed by atoms with Gasteiger partial charge < -0.3 is 14.9 Å². The van der Waals surface area contributed by atoms with Gasteiger partial charge in [-0.2, -0.15) is 0 Å². The van der Waals surface area contributed by atoms with Crippen LogP contribution in [-0.4, -0.2) is 31.9 Å². The molecule has 0 aliphatic rings. The highest BCUT2D eigenvalue weighted by Crippen LogP contribution is 2.35. The Labute approximate surface area is 143 Å². The Bertz CT molecular complexity index is 1060. The summed E-state index contributed by atoms with van der Waals surface area (Å²) < 4.78 is 7.07. The molecule has 6 heteroatoms. The van der Waals surface area contributed by atoms with E-state index in [2.05, 4.69) is 9.97 Å². The summed E-state index contributed by atoms with van der Waals surface area (Å²) in [5.74, 6) is 1.23. The van der Waals surface area contributed by atoms with Crippen LogP contribution in [0, 0.1) is 0 Å². The zero-order valence-electron chi connectivity index (χ0n) is 13.4. The van der Waals surface area contributed by atoms with Gasteiger partial charge in [-0.15, -0.1) is 0 Å². The summed E-state index contributed by atoms with van der Waals surface area (Å²) in [6, 6.07) is 15.6. The van der Waals surface area contributed by atoms with Gasteiger partial charge in [-0.25, -0.2) is 9.97 Å². The lowest BCUT2D eigenvalue weighted by Gasteiger charge is -2.11. The van der Waals surface area contributed by atoms with Gasteiger partial charge in [0.05, 0.1) is 12.7 Å². The number of aromatic hydroxyl groups is 2. The molecule has 4 rings (SSSR count). The number of ether oxygens (including phenoxy) is 1. The molecule has 0 bridgehead atoms. The van der Waals surface area contributed by atoms with Crippen molar-refractivity contribution in [2.45, 2.75) is 0 Å². The molecule has 0 atom stereocenters. The number of hydrogen-bond donors (Lipinski definition) is 2. The number of pyridine rings is 1. The summed E-state index contributed by atoms with van der Waals surface area (Å²) in [5.41, 5.74) is 2.73. The Hall–Kier alpha value is -3.54. The smallest absolute Gasteiger partial charge is 0.164 e. The quantitative estimate of drug-likeness (QED) is 0.600. The number of aromatic nitrogens is 3. The van der Waals surface area contributed by atoms with Crippen LogP contribution in [0.3, 0.4) is 0 Å². The molecular formula is C19H15N3O3. The van der Waals surface area contributed by atoms with Gasteiger partial charge in [-0.1, -0.05) is 0 Å². The molecule has 6 nitrogen and oxygen atoms in total. The Morgan fingerprint density at radius 3 is 2.52 bits per heavy atom. The van der Waals surface area contributed by atoms with Gasteiger partial charge in [0.2, 0.25) is 0 Å². The molecule has 4 aromatic rings. The molecule has 0 amide bonds. The number of imidazole rings is 1. The highest BCUT2D eigenvalue weighted by atomic mass is 16.5. The van der Waals surface area contributed by atoms with E-state index in [0.29, 0.717) is 22.6 Å².